The van der Waals surface area contributed by atoms with Crippen molar-refractivity contribution in [1.29, 1.82) is 0 Å². The van der Waals surface area contributed by atoms with Gasteiger partial charge in [0.1, 0.15) is 0 Å². The summed E-state index contributed by atoms with van der Waals surface area (Å²) in [5.41, 5.74) is 0. The van der Waals surface area contributed by atoms with Crippen molar-refractivity contribution in [3.8, 4) is 0 Å². The lowest BCUT2D eigenvalue weighted by Gasteiger charge is -2.20. The smallest absolute Gasteiger partial charge is 0.310 e. The fourth-order valence-electron chi connectivity index (χ4n) is 2.04. The van der Waals surface area contributed by atoms with E-state index in [1.807, 2.05) is 6.92 Å². The molecule has 1 heterocycles. The number of nitrogens with zero attached hydrogens (tertiary/aromatic N) is 2. The molecule has 2 unspecified atom stereocenters. The molecule has 1 aliphatic rings. The third-order valence-corrected chi connectivity index (χ3v) is 3.38. The number of rotatable bonds is 3. The van der Waals surface area contributed by atoms with Gasteiger partial charge in [-0.25, -0.2) is 0 Å². The minimum atomic E-state index is -0.280. The fraction of sp³-hybridized carbons (Fsp3) is 0.750. The second-order valence-electron chi connectivity index (χ2n) is 4.78. The average molecular weight is 256 g/mol. The number of likely N-dealkylation sites (tertiary alicyclic amines) is 1. The van der Waals surface area contributed by atoms with Gasteiger partial charge in [-0.05, 0) is 5.92 Å². The number of hydrogen-bond donors (Lipinski definition) is 0. The lowest BCUT2D eigenvalue weighted by Crippen LogP contribution is -2.39. The Labute approximate surface area is 107 Å². The third-order valence-electron chi connectivity index (χ3n) is 3.38. The quantitative estimate of drug-likeness (QED) is 0.652. The van der Waals surface area contributed by atoms with E-state index < -0.39 is 0 Å². The van der Waals surface area contributed by atoms with Gasteiger partial charge >= 0.3 is 5.97 Å². The highest BCUT2D eigenvalue weighted by molar-refractivity contribution is 5.84. The lowest BCUT2D eigenvalue weighted by molar-refractivity contribution is -0.146. The Kier molecular flexibility index (Phi) is 4.69. The van der Waals surface area contributed by atoms with Crippen LogP contribution in [-0.2, 0) is 19.1 Å². The number of methoxy groups -OCH3 is 1. The van der Waals surface area contributed by atoms with Gasteiger partial charge in [-0.15, -0.1) is 0 Å². The van der Waals surface area contributed by atoms with E-state index >= 15 is 0 Å². The number of ether oxygens (including phenoxy) is 1. The average Bonchev–Trinajstić information content (AvgIpc) is 2.70. The summed E-state index contributed by atoms with van der Waals surface area (Å²) in [6, 6.07) is 0. The third kappa shape index (κ3) is 3.21. The first-order valence-electron chi connectivity index (χ1n) is 5.94. The van der Waals surface area contributed by atoms with Gasteiger partial charge in [0.25, 0.3) is 0 Å². The second kappa shape index (κ2) is 5.84. The normalized spacial score (nSPS) is 22.8. The molecule has 1 rings (SSSR count). The molecule has 1 fully saturated rings. The van der Waals surface area contributed by atoms with E-state index in [4.69, 9.17) is 4.74 Å². The fourth-order valence-corrected chi connectivity index (χ4v) is 2.04. The summed E-state index contributed by atoms with van der Waals surface area (Å²) in [5.74, 6) is -0.741. The minimum absolute atomic E-state index is 0.0515. The van der Waals surface area contributed by atoms with Gasteiger partial charge in [-0.1, -0.05) is 6.92 Å². The van der Waals surface area contributed by atoms with Crippen molar-refractivity contribution in [3.05, 3.63) is 0 Å². The van der Waals surface area contributed by atoms with Gasteiger partial charge in [0.05, 0.1) is 19.6 Å². The standard InChI is InChI=1S/C12H20N2O4/c1-8-5-14(6-10(8)12(17)18-4)11(16)7-13(3)9(2)15/h8,10H,5-7H2,1-4H3. The highest BCUT2D eigenvalue weighted by Crippen LogP contribution is 2.24. The van der Waals surface area contributed by atoms with Crippen LogP contribution in [0.1, 0.15) is 13.8 Å². The molecule has 2 amide bonds. The van der Waals surface area contributed by atoms with Crippen molar-refractivity contribution in [2.75, 3.05) is 33.8 Å². The molecule has 0 spiro atoms. The lowest BCUT2D eigenvalue weighted by atomic mass is 9.99. The van der Waals surface area contributed by atoms with Crippen LogP contribution >= 0.6 is 0 Å². The zero-order valence-electron chi connectivity index (χ0n) is 11.3. The summed E-state index contributed by atoms with van der Waals surface area (Å²) < 4.78 is 4.71. The van der Waals surface area contributed by atoms with E-state index in [1.165, 1.54) is 18.9 Å². The van der Waals surface area contributed by atoms with E-state index in [1.54, 1.807) is 11.9 Å². The van der Waals surface area contributed by atoms with Crippen LogP contribution in [0.15, 0.2) is 0 Å². The zero-order valence-corrected chi connectivity index (χ0v) is 11.3. The summed E-state index contributed by atoms with van der Waals surface area (Å²) in [6.07, 6.45) is 0. The number of carbonyl (C=O) groups excluding carboxylic acids is 3. The van der Waals surface area contributed by atoms with E-state index in [0.717, 1.165) is 0 Å². The van der Waals surface area contributed by atoms with E-state index in [0.29, 0.717) is 13.1 Å². The maximum absolute atomic E-state index is 11.9. The highest BCUT2D eigenvalue weighted by Gasteiger charge is 2.37. The molecule has 0 N–H and O–H groups in total. The highest BCUT2D eigenvalue weighted by atomic mass is 16.5. The van der Waals surface area contributed by atoms with Crippen LogP contribution in [0.25, 0.3) is 0 Å². The summed E-state index contributed by atoms with van der Waals surface area (Å²) in [5, 5.41) is 0. The van der Waals surface area contributed by atoms with Gasteiger partial charge < -0.3 is 14.5 Å². The van der Waals surface area contributed by atoms with E-state index in [-0.39, 0.29) is 36.2 Å². The van der Waals surface area contributed by atoms with Gasteiger partial charge in [0, 0.05) is 27.1 Å². The van der Waals surface area contributed by atoms with E-state index in [2.05, 4.69) is 0 Å². The molecule has 0 radical (unpaired) electrons. The van der Waals surface area contributed by atoms with Crippen LogP contribution in [0.5, 0.6) is 0 Å². The zero-order chi connectivity index (χ0) is 13.9. The molecule has 1 saturated heterocycles. The number of likely N-dealkylation sites (N-methyl/N-ethyl adjacent to an activating group) is 1. The molecule has 0 aromatic rings. The van der Waals surface area contributed by atoms with Crippen LogP contribution in [-0.4, -0.2) is 61.4 Å². The first kappa shape index (κ1) is 14.5. The first-order valence-corrected chi connectivity index (χ1v) is 5.94. The van der Waals surface area contributed by atoms with Crippen LogP contribution < -0.4 is 0 Å². The molecule has 6 nitrogen and oxygen atoms in total. The van der Waals surface area contributed by atoms with E-state index in [9.17, 15) is 14.4 Å². The maximum atomic E-state index is 11.9. The van der Waals surface area contributed by atoms with Crippen LogP contribution in [0.2, 0.25) is 0 Å². The largest absolute Gasteiger partial charge is 0.469 e. The predicted octanol–water partition coefficient (Wildman–Crippen LogP) is -0.268. The van der Waals surface area contributed by atoms with Crippen molar-refractivity contribution >= 4 is 17.8 Å². The number of amides is 2. The SMILES string of the molecule is COC(=O)C1CN(C(=O)CN(C)C(C)=O)CC1C. The van der Waals surface area contributed by atoms with Gasteiger partial charge in [-0.2, -0.15) is 0 Å². The first-order chi connectivity index (χ1) is 8.36. The van der Waals surface area contributed by atoms with Crippen LogP contribution in [0.4, 0.5) is 0 Å². The molecule has 6 heteroatoms. The van der Waals surface area contributed by atoms with Crippen LogP contribution in [0, 0.1) is 11.8 Å². The van der Waals surface area contributed by atoms with Gasteiger partial charge in [0.2, 0.25) is 11.8 Å². The molecule has 1 aliphatic heterocycles. The summed E-state index contributed by atoms with van der Waals surface area (Å²) >= 11 is 0. The molecule has 0 aliphatic carbocycles. The summed E-state index contributed by atoms with van der Waals surface area (Å²) in [4.78, 5) is 37.5. The Balaban J connectivity index is 2.57. The molecule has 0 aromatic heterocycles. The van der Waals surface area contributed by atoms with Crippen LogP contribution in [0.3, 0.4) is 0 Å². The predicted molar refractivity (Wildman–Crippen MR) is 64.6 cm³/mol. The second-order valence-corrected chi connectivity index (χ2v) is 4.78. The van der Waals surface area contributed by atoms with Crippen molar-refractivity contribution in [1.82, 2.24) is 9.80 Å². The minimum Gasteiger partial charge on any atom is -0.469 e. The van der Waals surface area contributed by atoms with Gasteiger partial charge in [0.15, 0.2) is 0 Å². The Bertz CT molecular complexity index is 356. The van der Waals surface area contributed by atoms with Crippen molar-refractivity contribution in [2.45, 2.75) is 13.8 Å². The maximum Gasteiger partial charge on any atom is 0.310 e. The Hall–Kier alpha value is -1.59. The molecule has 2 atom stereocenters. The monoisotopic (exact) mass is 256 g/mol. The molecular formula is C12H20N2O4. The molecule has 18 heavy (non-hydrogen) atoms. The molecular weight excluding hydrogens is 236 g/mol. The number of hydrogen-bond acceptors (Lipinski definition) is 4. The Morgan fingerprint density at radius 3 is 2.44 bits per heavy atom. The number of esters is 1. The van der Waals surface area contributed by atoms with Crippen molar-refractivity contribution < 1.29 is 19.1 Å². The van der Waals surface area contributed by atoms with Crippen molar-refractivity contribution in [2.24, 2.45) is 11.8 Å². The molecule has 102 valence electrons. The summed E-state index contributed by atoms with van der Waals surface area (Å²) in [7, 11) is 2.93. The topological polar surface area (TPSA) is 66.9 Å². The Morgan fingerprint density at radius 1 is 1.33 bits per heavy atom. The molecule has 0 aromatic carbocycles. The van der Waals surface area contributed by atoms with Crippen molar-refractivity contribution in [3.63, 3.8) is 0 Å². The molecule has 0 bridgehead atoms. The number of carbonyl (C=O) groups is 3. The summed E-state index contributed by atoms with van der Waals surface area (Å²) in [6.45, 7) is 4.29. The Morgan fingerprint density at radius 2 is 1.94 bits per heavy atom. The molecule has 0 saturated carbocycles. The van der Waals surface area contributed by atoms with Gasteiger partial charge in [-0.3, -0.25) is 14.4 Å².